The van der Waals surface area contributed by atoms with Crippen molar-refractivity contribution in [3.05, 3.63) is 65.5 Å². The molecule has 0 spiro atoms. The number of nitrogens with zero attached hydrogens (tertiary/aromatic N) is 3. The van der Waals surface area contributed by atoms with Gasteiger partial charge >= 0.3 is 0 Å². The van der Waals surface area contributed by atoms with Gasteiger partial charge in [0.2, 0.25) is 0 Å². The minimum Gasteiger partial charge on any atom is -0.335 e. The molecule has 1 aromatic carbocycles. The summed E-state index contributed by atoms with van der Waals surface area (Å²) in [6, 6.07) is 12.6. The SMILES string of the molecule is O=C(c1ccncc1)N1CCN2CCc3ccccc3C2C1. The van der Waals surface area contributed by atoms with Gasteiger partial charge < -0.3 is 4.90 Å². The number of aromatic nitrogens is 1. The van der Waals surface area contributed by atoms with Crippen molar-refractivity contribution in [1.29, 1.82) is 0 Å². The number of hydrogen-bond acceptors (Lipinski definition) is 3. The molecule has 0 radical (unpaired) electrons. The van der Waals surface area contributed by atoms with Crippen LogP contribution in [0.4, 0.5) is 0 Å². The number of piperazine rings is 1. The summed E-state index contributed by atoms with van der Waals surface area (Å²) >= 11 is 0. The lowest BCUT2D eigenvalue weighted by molar-refractivity contribution is 0.0453. The molecule has 1 aromatic heterocycles. The Labute approximate surface area is 130 Å². The number of fused-ring (bicyclic) bond motifs is 3. The smallest absolute Gasteiger partial charge is 0.254 e. The first-order chi connectivity index (χ1) is 10.8. The molecule has 1 fully saturated rings. The Morgan fingerprint density at radius 2 is 1.86 bits per heavy atom. The van der Waals surface area contributed by atoms with Crippen LogP contribution in [0.1, 0.15) is 27.5 Å². The molecule has 0 saturated carbocycles. The molecule has 1 unspecified atom stereocenters. The van der Waals surface area contributed by atoms with Crippen LogP contribution in [0.2, 0.25) is 0 Å². The molecule has 1 amide bonds. The molecule has 2 aliphatic rings. The lowest BCUT2D eigenvalue weighted by Crippen LogP contribution is -2.52. The van der Waals surface area contributed by atoms with E-state index in [0.717, 1.165) is 38.2 Å². The predicted octanol–water partition coefficient (Wildman–Crippen LogP) is 2.14. The molecule has 4 heteroatoms. The molecular formula is C18H19N3O. The van der Waals surface area contributed by atoms with Crippen LogP contribution in [0, 0.1) is 0 Å². The zero-order valence-electron chi connectivity index (χ0n) is 12.5. The quantitative estimate of drug-likeness (QED) is 0.808. The average Bonchev–Trinajstić information content (AvgIpc) is 2.61. The highest BCUT2D eigenvalue weighted by Crippen LogP contribution is 2.32. The van der Waals surface area contributed by atoms with E-state index in [4.69, 9.17) is 0 Å². The topological polar surface area (TPSA) is 36.4 Å². The minimum atomic E-state index is 0.116. The number of pyridine rings is 1. The minimum absolute atomic E-state index is 0.116. The normalized spacial score (nSPS) is 21.1. The van der Waals surface area contributed by atoms with Crippen molar-refractivity contribution in [2.45, 2.75) is 12.5 Å². The van der Waals surface area contributed by atoms with Crippen molar-refractivity contribution in [3.63, 3.8) is 0 Å². The Kier molecular flexibility index (Phi) is 3.39. The van der Waals surface area contributed by atoms with Crippen molar-refractivity contribution in [2.75, 3.05) is 26.2 Å². The van der Waals surface area contributed by atoms with Crippen LogP contribution in [0.25, 0.3) is 0 Å². The van der Waals surface area contributed by atoms with Gasteiger partial charge in [-0.05, 0) is 29.7 Å². The second-order valence-electron chi connectivity index (χ2n) is 5.99. The van der Waals surface area contributed by atoms with Crippen LogP contribution in [-0.4, -0.2) is 46.9 Å². The third-order valence-electron chi connectivity index (χ3n) is 4.79. The highest BCUT2D eigenvalue weighted by molar-refractivity contribution is 5.94. The van der Waals surface area contributed by atoms with Gasteiger partial charge in [-0.15, -0.1) is 0 Å². The van der Waals surface area contributed by atoms with Gasteiger partial charge in [0.05, 0.1) is 6.04 Å². The van der Waals surface area contributed by atoms with Gasteiger partial charge in [0, 0.05) is 44.1 Å². The van der Waals surface area contributed by atoms with E-state index in [2.05, 4.69) is 34.1 Å². The molecule has 2 aliphatic heterocycles. The van der Waals surface area contributed by atoms with E-state index in [1.165, 1.54) is 11.1 Å². The van der Waals surface area contributed by atoms with Crippen molar-refractivity contribution >= 4 is 5.91 Å². The monoisotopic (exact) mass is 293 g/mol. The number of carbonyl (C=O) groups excluding carboxylic acids is 1. The second kappa shape index (κ2) is 5.54. The molecule has 112 valence electrons. The van der Waals surface area contributed by atoms with Gasteiger partial charge in [-0.25, -0.2) is 0 Å². The lowest BCUT2D eigenvalue weighted by atomic mass is 9.91. The molecule has 4 rings (SSSR count). The standard InChI is InChI=1S/C18H19N3O/c22-18(15-5-8-19-9-6-15)21-12-11-20-10-7-14-3-1-2-4-16(14)17(20)13-21/h1-6,8-9,17H,7,10-13H2. The zero-order chi connectivity index (χ0) is 14.9. The zero-order valence-corrected chi connectivity index (χ0v) is 12.5. The van der Waals surface area contributed by atoms with E-state index in [-0.39, 0.29) is 5.91 Å². The van der Waals surface area contributed by atoms with Crippen molar-refractivity contribution in [1.82, 2.24) is 14.8 Å². The van der Waals surface area contributed by atoms with E-state index in [1.807, 2.05) is 4.90 Å². The first-order valence-electron chi connectivity index (χ1n) is 7.84. The fourth-order valence-corrected chi connectivity index (χ4v) is 3.60. The van der Waals surface area contributed by atoms with Gasteiger partial charge in [-0.3, -0.25) is 14.7 Å². The molecule has 4 nitrogen and oxygen atoms in total. The van der Waals surface area contributed by atoms with Crippen LogP contribution < -0.4 is 0 Å². The van der Waals surface area contributed by atoms with E-state index in [0.29, 0.717) is 6.04 Å². The van der Waals surface area contributed by atoms with Gasteiger partial charge in [0.25, 0.3) is 5.91 Å². The average molecular weight is 293 g/mol. The molecule has 0 N–H and O–H groups in total. The first-order valence-corrected chi connectivity index (χ1v) is 7.84. The first kappa shape index (κ1) is 13.5. The lowest BCUT2D eigenvalue weighted by Gasteiger charge is -2.44. The third kappa shape index (κ3) is 2.29. The maximum atomic E-state index is 12.7. The Hall–Kier alpha value is -2.20. The summed E-state index contributed by atoms with van der Waals surface area (Å²) < 4.78 is 0. The maximum absolute atomic E-state index is 12.7. The second-order valence-corrected chi connectivity index (χ2v) is 5.99. The molecule has 3 heterocycles. The largest absolute Gasteiger partial charge is 0.335 e. The summed E-state index contributed by atoms with van der Waals surface area (Å²) in [5.41, 5.74) is 3.55. The summed E-state index contributed by atoms with van der Waals surface area (Å²) in [5.74, 6) is 0.116. The molecule has 1 atom stereocenters. The summed E-state index contributed by atoms with van der Waals surface area (Å²) in [7, 11) is 0. The summed E-state index contributed by atoms with van der Waals surface area (Å²) in [4.78, 5) is 21.2. The number of amides is 1. The van der Waals surface area contributed by atoms with Crippen molar-refractivity contribution in [2.24, 2.45) is 0 Å². The highest BCUT2D eigenvalue weighted by Gasteiger charge is 2.34. The fraction of sp³-hybridized carbons (Fsp3) is 0.333. The van der Waals surface area contributed by atoms with Crippen LogP contribution in [-0.2, 0) is 6.42 Å². The van der Waals surface area contributed by atoms with Crippen LogP contribution in [0.15, 0.2) is 48.8 Å². The van der Waals surface area contributed by atoms with Crippen molar-refractivity contribution < 1.29 is 4.79 Å². The van der Waals surface area contributed by atoms with Crippen LogP contribution >= 0.6 is 0 Å². The van der Waals surface area contributed by atoms with Gasteiger partial charge in [-0.2, -0.15) is 0 Å². The number of hydrogen-bond donors (Lipinski definition) is 0. The van der Waals surface area contributed by atoms with Crippen LogP contribution in [0.3, 0.4) is 0 Å². The predicted molar refractivity (Wildman–Crippen MR) is 84.6 cm³/mol. The summed E-state index contributed by atoms with van der Waals surface area (Å²) in [6.45, 7) is 3.63. The molecule has 22 heavy (non-hydrogen) atoms. The molecule has 1 saturated heterocycles. The number of carbonyl (C=O) groups is 1. The van der Waals surface area contributed by atoms with Gasteiger partial charge in [0.15, 0.2) is 0 Å². The summed E-state index contributed by atoms with van der Waals surface area (Å²) in [6.07, 6.45) is 4.48. The van der Waals surface area contributed by atoms with E-state index < -0.39 is 0 Å². The molecule has 2 aromatic rings. The van der Waals surface area contributed by atoms with Crippen LogP contribution in [0.5, 0.6) is 0 Å². The maximum Gasteiger partial charge on any atom is 0.254 e. The van der Waals surface area contributed by atoms with Gasteiger partial charge in [0.1, 0.15) is 0 Å². The van der Waals surface area contributed by atoms with Crippen molar-refractivity contribution in [3.8, 4) is 0 Å². The molecule has 0 bridgehead atoms. The Morgan fingerprint density at radius 1 is 1.05 bits per heavy atom. The Bertz CT molecular complexity index is 686. The highest BCUT2D eigenvalue weighted by atomic mass is 16.2. The van der Waals surface area contributed by atoms with E-state index >= 15 is 0 Å². The third-order valence-corrected chi connectivity index (χ3v) is 4.79. The van der Waals surface area contributed by atoms with E-state index in [9.17, 15) is 4.79 Å². The number of benzene rings is 1. The summed E-state index contributed by atoms with van der Waals surface area (Å²) in [5, 5.41) is 0. The van der Waals surface area contributed by atoms with E-state index in [1.54, 1.807) is 24.5 Å². The molecule has 0 aliphatic carbocycles. The van der Waals surface area contributed by atoms with Gasteiger partial charge in [-0.1, -0.05) is 24.3 Å². The number of rotatable bonds is 1. The Morgan fingerprint density at radius 3 is 2.73 bits per heavy atom. The Balaban J connectivity index is 1.59. The molecular weight excluding hydrogens is 274 g/mol. The fourth-order valence-electron chi connectivity index (χ4n) is 3.60.